The van der Waals surface area contributed by atoms with Crippen molar-refractivity contribution in [3.63, 3.8) is 0 Å². The fraction of sp³-hybridized carbons (Fsp3) is 0.346. The Morgan fingerprint density at radius 2 is 1.66 bits per heavy atom. The minimum absolute atomic E-state index is 0.0395. The third-order valence-corrected chi connectivity index (χ3v) is 7.73. The third-order valence-electron chi connectivity index (χ3n) is 6.04. The van der Waals surface area contributed by atoms with Gasteiger partial charge in [0.1, 0.15) is 40.8 Å². The van der Waals surface area contributed by atoms with Crippen LogP contribution < -0.4 is 18.9 Å². The molecule has 2 atom stereocenters. The zero-order valence-corrected chi connectivity index (χ0v) is 24.0. The first-order chi connectivity index (χ1) is 19.7. The molecule has 0 saturated heterocycles. The van der Waals surface area contributed by atoms with Crippen LogP contribution in [0, 0.1) is 6.92 Å². The maximum atomic E-state index is 13.7. The summed E-state index contributed by atoms with van der Waals surface area (Å²) in [7, 11) is 0.158. The highest BCUT2D eigenvalue weighted by molar-refractivity contribution is 7.93. The van der Waals surface area contributed by atoms with Crippen LogP contribution in [0.4, 0.5) is 5.95 Å². The first-order valence-corrected chi connectivity index (χ1v) is 14.0. The van der Waals surface area contributed by atoms with Gasteiger partial charge in [-0.25, -0.2) is 23.4 Å². The van der Waals surface area contributed by atoms with Crippen LogP contribution in [0.25, 0.3) is 17.2 Å². The van der Waals surface area contributed by atoms with Crippen LogP contribution in [0.3, 0.4) is 0 Å². The van der Waals surface area contributed by atoms with Gasteiger partial charge in [-0.15, -0.1) is 10.2 Å². The number of aliphatic hydroxyl groups is 1. The molecule has 1 aromatic carbocycles. The zero-order chi connectivity index (χ0) is 29.6. The van der Waals surface area contributed by atoms with Gasteiger partial charge >= 0.3 is 0 Å². The highest BCUT2D eigenvalue weighted by Crippen LogP contribution is 2.38. The highest BCUT2D eigenvalue weighted by atomic mass is 32.2. The molecule has 0 radical (unpaired) electrons. The minimum Gasteiger partial charge on any atom is -0.494 e. The van der Waals surface area contributed by atoms with Crippen LogP contribution in [-0.2, 0) is 14.8 Å². The number of aryl methyl sites for hydroxylation is 1. The van der Waals surface area contributed by atoms with E-state index in [9.17, 15) is 8.42 Å². The van der Waals surface area contributed by atoms with E-state index >= 15 is 0 Å². The van der Waals surface area contributed by atoms with Crippen molar-refractivity contribution >= 4 is 16.0 Å². The van der Waals surface area contributed by atoms with Gasteiger partial charge in [-0.3, -0.25) is 9.29 Å². The normalized spacial score (nSPS) is 12.9. The molecule has 3 heterocycles. The van der Waals surface area contributed by atoms with Crippen molar-refractivity contribution in [3.8, 4) is 34.6 Å². The van der Waals surface area contributed by atoms with Gasteiger partial charge in [0.2, 0.25) is 21.9 Å². The lowest BCUT2D eigenvalue weighted by Gasteiger charge is -2.23. The molecule has 0 bridgehead atoms. The summed E-state index contributed by atoms with van der Waals surface area (Å²) in [5.74, 6) is 1.17. The number of nitrogens with zero attached hydrogens (tertiary/aromatic N) is 6. The summed E-state index contributed by atoms with van der Waals surface area (Å²) < 4.78 is 53.5. The van der Waals surface area contributed by atoms with Crippen molar-refractivity contribution in [3.05, 3.63) is 60.2 Å². The van der Waals surface area contributed by atoms with E-state index in [-0.39, 0.29) is 36.7 Å². The van der Waals surface area contributed by atoms with Crippen molar-refractivity contribution in [2.45, 2.75) is 25.2 Å². The van der Waals surface area contributed by atoms with E-state index < -0.39 is 21.4 Å². The Labute approximate surface area is 237 Å². The van der Waals surface area contributed by atoms with E-state index in [1.54, 1.807) is 48.8 Å². The van der Waals surface area contributed by atoms with E-state index in [0.717, 1.165) is 5.56 Å². The number of methoxy groups -OCH3 is 3. The lowest BCUT2D eigenvalue weighted by molar-refractivity contribution is 0.0949. The largest absolute Gasteiger partial charge is 0.494 e. The van der Waals surface area contributed by atoms with Crippen molar-refractivity contribution in [1.29, 1.82) is 0 Å². The Balaban J connectivity index is 1.84. The molecule has 15 heteroatoms. The molecule has 3 aromatic heterocycles. The minimum atomic E-state index is -4.17. The molecule has 41 heavy (non-hydrogen) atoms. The Morgan fingerprint density at radius 3 is 2.27 bits per heavy atom. The second kappa shape index (κ2) is 12.9. The number of rotatable bonds is 13. The summed E-state index contributed by atoms with van der Waals surface area (Å²) in [6.45, 7) is 3.15. The van der Waals surface area contributed by atoms with Crippen LogP contribution >= 0.6 is 0 Å². The number of aromatic nitrogens is 6. The molecule has 0 aliphatic rings. The SMILES string of the molecule is COc1cccc(OC)c1-n1c(NS(=O)(=O)C(C)C(OC)c2ncc(C)cn2)nnc1-c1cccc(OCCO)n1. The van der Waals surface area contributed by atoms with E-state index in [4.69, 9.17) is 24.1 Å². The second-order valence-corrected chi connectivity index (χ2v) is 10.8. The summed E-state index contributed by atoms with van der Waals surface area (Å²) in [6, 6.07) is 10.1. The molecule has 0 aliphatic carbocycles. The molecule has 4 aromatic rings. The average Bonchev–Trinajstić information content (AvgIpc) is 3.39. The van der Waals surface area contributed by atoms with E-state index in [2.05, 4.69) is 29.9 Å². The molecule has 2 N–H and O–H groups in total. The van der Waals surface area contributed by atoms with Crippen LogP contribution in [0.2, 0.25) is 0 Å². The number of anilines is 1. The molecule has 2 unspecified atom stereocenters. The number of benzene rings is 1. The van der Waals surface area contributed by atoms with Gasteiger partial charge in [0.05, 0.1) is 20.8 Å². The van der Waals surface area contributed by atoms with E-state index in [1.807, 2.05) is 6.92 Å². The Bertz CT molecular complexity index is 1560. The van der Waals surface area contributed by atoms with Crippen LogP contribution in [0.1, 0.15) is 24.4 Å². The topological polar surface area (TPSA) is 173 Å². The molecular weight excluding hydrogens is 554 g/mol. The smallest absolute Gasteiger partial charge is 0.243 e. The van der Waals surface area contributed by atoms with Crippen LogP contribution in [0.15, 0.2) is 48.8 Å². The second-order valence-electron chi connectivity index (χ2n) is 8.75. The van der Waals surface area contributed by atoms with Gasteiger partial charge in [0.25, 0.3) is 0 Å². The number of pyridine rings is 1. The molecular formula is C26H31N7O7S. The van der Waals surface area contributed by atoms with Gasteiger partial charge in [0, 0.05) is 25.6 Å². The first kappa shape index (κ1) is 29.6. The quantitative estimate of drug-likeness (QED) is 0.235. The van der Waals surface area contributed by atoms with Crippen molar-refractivity contribution < 1.29 is 32.5 Å². The van der Waals surface area contributed by atoms with Gasteiger partial charge in [-0.1, -0.05) is 12.1 Å². The Kier molecular flexibility index (Phi) is 9.31. The summed E-state index contributed by atoms with van der Waals surface area (Å²) in [6.07, 6.45) is 2.19. The molecule has 4 rings (SSSR count). The predicted molar refractivity (Wildman–Crippen MR) is 149 cm³/mol. The van der Waals surface area contributed by atoms with Gasteiger partial charge in [-0.2, -0.15) is 0 Å². The number of para-hydroxylation sites is 1. The summed E-state index contributed by atoms with van der Waals surface area (Å²) >= 11 is 0. The van der Waals surface area contributed by atoms with Gasteiger partial charge in [-0.05, 0) is 37.6 Å². The Morgan fingerprint density at radius 1 is 1.00 bits per heavy atom. The maximum Gasteiger partial charge on any atom is 0.243 e. The average molecular weight is 586 g/mol. The van der Waals surface area contributed by atoms with Gasteiger partial charge < -0.3 is 24.1 Å². The zero-order valence-electron chi connectivity index (χ0n) is 23.2. The molecule has 218 valence electrons. The van der Waals surface area contributed by atoms with Gasteiger partial charge in [0.15, 0.2) is 11.6 Å². The molecule has 0 spiro atoms. The number of ether oxygens (including phenoxy) is 4. The molecule has 0 fully saturated rings. The number of nitrogens with one attached hydrogen (secondary N) is 1. The number of aliphatic hydroxyl groups excluding tert-OH is 1. The Hall–Kier alpha value is -4.34. The standard InChI is InChI=1S/C26H31N7O7S/c1-16-14-27-24(28-15-16)23(39-5)17(2)41(35,36)32-26-31-30-25(18-8-6-11-21(29-18)40-13-12-34)33(26)22-19(37-3)9-7-10-20(22)38-4/h6-11,14-15,17,23,34H,12-13H2,1-5H3,(H,31,32). The van der Waals surface area contributed by atoms with Crippen LogP contribution in [-0.4, -0.2) is 83.0 Å². The van der Waals surface area contributed by atoms with E-state index in [0.29, 0.717) is 22.9 Å². The fourth-order valence-electron chi connectivity index (χ4n) is 3.99. The monoisotopic (exact) mass is 585 g/mol. The van der Waals surface area contributed by atoms with Crippen molar-refractivity contribution in [2.24, 2.45) is 0 Å². The number of sulfonamides is 1. The fourth-order valence-corrected chi connectivity index (χ4v) is 5.12. The summed E-state index contributed by atoms with van der Waals surface area (Å²) in [5.41, 5.74) is 1.46. The summed E-state index contributed by atoms with van der Waals surface area (Å²) in [4.78, 5) is 12.9. The highest BCUT2D eigenvalue weighted by Gasteiger charge is 2.35. The third kappa shape index (κ3) is 6.37. The van der Waals surface area contributed by atoms with Crippen molar-refractivity contribution in [1.82, 2.24) is 29.7 Å². The number of hydrogen-bond donors (Lipinski definition) is 2. The summed E-state index contributed by atoms with van der Waals surface area (Å²) in [5, 5.41) is 16.4. The van der Waals surface area contributed by atoms with E-state index in [1.165, 1.54) is 32.8 Å². The maximum absolute atomic E-state index is 13.7. The predicted octanol–water partition coefficient (Wildman–Crippen LogP) is 2.33. The van der Waals surface area contributed by atoms with Crippen molar-refractivity contribution in [2.75, 3.05) is 39.3 Å². The number of hydrogen-bond acceptors (Lipinski definition) is 12. The molecule has 0 amide bonds. The van der Waals surface area contributed by atoms with Crippen LogP contribution in [0.5, 0.6) is 17.4 Å². The molecule has 0 saturated carbocycles. The first-order valence-electron chi connectivity index (χ1n) is 12.4. The lowest BCUT2D eigenvalue weighted by Crippen LogP contribution is -2.33. The lowest BCUT2D eigenvalue weighted by atomic mass is 10.2. The molecule has 0 aliphatic heterocycles. The molecule has 14 nitrogen and oxygen atoms in total.